The normalized spacial score (nSPS) is 10.2. The van der Waals surface area contributed by atoms with Gasteiger partial charge in [0, 0.05) is 13.1 Å². The first-order valence-electron chi connectivity index (χ1n) is 10.7. The molecular formula is C27H28N2O3. The maximum atomic E-state index is 12.9. The fraction of sp³-hybridized carbons (Fsp3) is 0.185. The maximum Gasteiger partial charge on any atom is 0.256 e. The van der Waals surface area contributed by atoms with Gasteiger partial charge < -0.3 is 15.4 Å². The maximum absolute atomic E-state index is 12.9. The van der Waals surface area contributed by atoms with Gasteiger partial charge in [-0.15, -0.1) is 0 Å². The van der Waals surface area contributed by atoms with Gasteiger partial charge >= 0.3 is 0 Å². The predicted octanol–water partition coefficient (Wildman–Crippen LogP) is 3.80. The highest BCUT2D eigenvalue weighted by Gasteiger charge is 2.18. The van der Waals surface area contributed by atoms with Gasteiger partial charge in [-0.25, -0.2) is 0 Å². The summed E-state index contributed by atoms with van der Waals surface area (Å²) in [6, 6.07) is 27.0. The third-order valence-electron chi connectivity index (χ3n) is 5.00. The van der Waals surface area contributed by atoms with Crippen LogP contribution in [0.3, 0.4) is 0 Å². The fourth-order valence-corrected chi connectivity index (χ4v) is 3.22. The number of hydrogen-bond donors (Lipinski definition) is 2. The third-order valence-corrected chi connectivity index (χ3v) is 5.00. The van der Waals surface area contributed by atoms with Crippen LogP contribution in [-0.2, 0) is 22.4 Å². The molecule has 3 aromatic rings. The molecule has 3 rings (SSSR count). The van der Waals surface area contributed by atoms with E-state index in [1.54, 1.807) is 25.3 Å². The van der Waals surface area contributed by atoms with Crippen molar-refractivity contribution in [3.63, 3.8) is 0 Å². The topological polar surface area (TPSA) is 67.4 Å². The number of ether oxygens (including phenoxy) is 1. The highest BCUT2D eigenvalue weighted by Crippen LogP contribution is 2.14. The van der Waals surface area contributed by atoms with Crippen molar-refractivity contribution in [1.82, 2.24) is 10.6 Å². The first-order valence-corrected chi connectivity index (χ1v) is 10.7. The van der Waals surface area contributed by atoms with Gasteiger partial charge in [0.15, 0.2) is 0 Å². The molecule has 0 unspecified atom stereocenters. The van der Waals surface area contributed by atoms with E-state index in [2.05, 4.69) is 10.6 Å². The van der Waals surface area contributed by atoms with Crippen molar-refractivity contribution in [3.05, 3.63) is 107 Å². The van der Waals surface area contributed by atoms with Gasteiger partial charge in [0.1, 0.15) is 11.3 Å². The van der Waals surface area contributed by atoms with E-state index in [1.807, 2.05) is 72.8 Å². The van der Waals surface area contributed by atoms with E-state index < -0.39 is 11.8 Å². The molecule has 2 N–H and O–H groups in total. The number of amides is 2. The molecule has 0 saturated heterocycles. The lowest BCUT2D eigenvalue weighted by Crippen LogP contribution is -2.36. The lowest BCUT2D eigenvalue weighted by Gasteiger charge is -2.11. The molecule has 0 aromatic heterocycles. The summed E-state index contributed by atoms with van der Waals surface area (Å²) >= 11 is 0. The van der Waals surface area contributed by atoms with Crippen LogP contribution in [0.5, 0.6) is 5.75 Å². The third kappa shape index (κ3) is 7.13. The van der Waals surface area contributed by atoms with Gasteiger partial charge in [-0.3, -0.25) is 9.59 Å². The van der Waals surface area contributed by atoms with Crippen LogP contribution < -0.4 is 15.4 Å². The Labute approximate surface area is 189 Å². The number of benzene rings is 3. The minimum Gasteiger partial charge on any atom is -0.497 e. The Kier molecular flexibility index (Phi) is 8.63. The van der Waals surface area contributed by atoms with Crippen molar-refractivity contribution in [2.45, 2.75) is 12.8 Å². The van der Waals surface area contributed by atoms with Crippen LogP contribution in [0.1, 0.15) is 16.7 Å². The van der Waals surface area contributed by atoms with Crippen molar-refractivity contribution >= 4 is 17.9 Å². The standard InChI is InChI=1S/C27H28N2O3/c1-32-24-14-12-23(13-15-24)20-25(26(30)28-18-16-21-8-4-2-5-9-21)27(31)29-19-17-22-10-6-3-7-11-22/h2-15,20H,16-19H2,1H3,(H,28,30)(H,29,31). The van der Waals surface area contributed by atoms with E-state index >= 15 is 0 Å². The first-order chi connectivity index (χ1) is 15.7. The number of hydrogen-bond acceptors (Lipinski definition) is 3. The first kappa shape index (κ1) is 22.8. The number of nitrogens with one attached hydrogen (secondary N) is 2. The van der Waals surface area contributed by atoms with Crippen LogP contribution >= 0.6 is 0 Å². The minimum absolute atomic E-state index is 0.0799. The van der Waals surface area contributed by atoms with Crippen molar-refractivity contribution in [1.29, 1.82) is 0 Å². The fourth-order valence-electron chi connectivity index (χ4n) is 3.22. The van der Waals surface area contributed by atoms with Gasteiger partial charge in [0.2, 0.25) is 0 Å². The molecule has 0 aliphatic rings. The Bertz CT molecular complexity index is 970. The second kappa shape index (κ2) is 12.1. The molecule has 0 fully saturated rings. The van der Waals surface area contributed by atoms with Crippen molar-refractivity contribution < 1.29 is 14.3 Å². The lowest BCUT2D eigenvalue weighted by molar-refractivity contribution is -0.123. The largest absolute Gasteiger partial charge is 0.497 e. The van der Waals surface area contributed by atoms with Crippen LogP contribution in [0.25, 0.3) is 6.08 Å². The Morgan fingerprint density at radius 2 is 1.19 bits per heavy atom. The highest BCUT2D eigenvalue weighted by molar-refractivity contribution is 6.21. The monoisotopic (exact) mass is 428 g/mol. The average molecular weight is 429 g/mol. The van der Waals surface area contributed by atoms with Gasteiger partial charge in [0.05, 0.1) is 7.11 Å². The zero-order valence-corrected chi connectivity index (χ0v) is 18.2. The van der Waals surface area contributed by atoms with Crippen LogP contribution in [0.2, 0.25) is 0 Å². The predicted molar refractivity (Wildman–Crippen MR) is 127 cm³/mol. The molecule has 0 bridgehead atoms. The van der Waals surface area contributed by atoms with E-state index in [0.717, 1.165) is 16.7 Å². The summed E-state index contributed by atoms with van der Waals surface area (Å²) in [5.41, 5.74) is 3.08. The molecule has 0 saturated carbocycles. The molecule has 0 aliphatic carbocycles. The minimum atomic E-state index is -0.394. The van der Waals surface area contributed by atoms with Crippen molar-refractivity contribution in [2.75, 3.05) is 20.2 Å². The second-order valence-electron chi connectivity index (χ2n) is 7.31. The molecule has 5 nitrogen and oxygen atoms in total. The summed E-state index contributed by atoms with van der Waals surface area (Å²) in [5, 5.41) is 5.74. The number of carbonyl (C=O) groups is 2. The molecule has 3 aromatic carbocycles. The zero-order valence-electron chi connectivity index (χ0n) is 18.2. The van der Waals surface area contributed by atoms with Crippen LogP contribution in [0.4, 0.5) is 0 Å². The summed E-state index contributed by atoms with van der Waals surface area (Å²) in [6.45, 7) is 0.889. The molecular weight excluding hydrogens is 400 g/mol. The Morgan fingerprint density at radius 1 is 0.719 bits per heavy atom. The summed E-state index contributed by atoms with van der Waals surface area (Å²) in [5.74, 6) is -0.0776. The van der Waals surface area contributed by atoms with E-state index in [4.69, 9.17) is 4.74 Å². The molecule has 2 amide bonds. The van der Waals surface area contributed by atoms with Gasteiger partial charge in [-0.05, 0) is 47.7 Å². The molecule has 0 heterocycles. The summed E-state index contributed by atoms with van der Waals surface area (Å²) in [4.78, 5) is 25.7. The van der Waals surface area contributed by atoms with E-state index in [0.29, 0.717) is 31.7 Å². The second-order valence-corrected chi connectivity index (χ2v) is 7.31. The van der Waals surface area contributed by atoms with E-state index in [-0.39, 0.29) is 5.57 Å². The van der Waals surface area contributed by atoms with Gasteiger partial charge in [-0.2, -0.15) is 0 Å². The summed E-state index contributed by atoms with van der Waals surface area (Å²) in [6.07, 6.45) is 2.99. The van der Waals surface area contributed by atoms with Crippen LogP contribution in [0, 0.1) is 0 Å². The molecule has 32 heavy (non-hydrogen) atoms. The highest BCUT2D eigenvalue weighted by atomic mass is 16.5. The zero-order chi connectivity index (χ0) is 22.6. The quantitative estimate of drug-likeness (QED) is 0.293. The van der Waals surface area contributed by atoms with Crippen LogP contribution in [-0.4, -0.2) is 32.0 Å². The van der Waals surface area contributed by atoms with E-state index in [9.17, 15) is 9.59 Å². The van der Waals surface area contributed by atoms with Crippen molar-refractivity contribution in [3.8, 4) is 5.75 Å². The Hall–Kier alpha value is -3.86. The molecule has 0 spiro atoms. The number of carbonyl (C=O) groups excluding carboxylic acids is 2. The molecule has 164 valence electrons. The summed E-state index contributed by atoms with van der Waals surface area (Å²) < 4.78 is 5.18. The molecule has 0 atom stereocenters. The molecule has 0 aliphatic heterocycles. The SMILES string of the molecule is COc1ccc(C=C(C(=O)NCCc2ccccc2)C(=O)NCCc2ccccc2)cc1. The summed E-state index contributed by atoms with van der Waals surface area (Å²) in [7, 11) is 1.59. The lowest BCUT2D eigenvalue weighted by atomic mass is 10.1. The Morgan fingerprint density at radius 3 is 1.62 bits per heavy atom. The molecule has 0 radical (unpaired) electrons. The Balaban J connectivity index is 1.66. The number of rotatable bonds is 10. The number of methoxy groups -OCH3 is 1. The van der Waals surface area contributed by atoms with Gasteiger partial charge in [-0.1, -0.05) is 72.8 Å². The van der Waals surface area contributed by atoms with Gasteiger partial charge in [0.25, 0.3) is 11.8 Å². The smallest absolute Gasteiger partial charge is 0.256 e. The average Bonchev–Trinajstić information content (AvgIpc) is 2.84. The molecule has 5 heteroatoms. The van der Waals surface area contributed by atoms with E-state index in [1.165, 1.54) is 0 Å². The van der Waals surface area contributed by atoms with Crippen LogP contribution in [0.15, 0.2) is 90.5 Å². The van der Waals surface area contributed by atoms with Crippen molar-refractivity contribution in [2.24, 2.45) is 0 Å².